The molecule has 2 aromatic heterocycles. The second kappa shape index (κ2) is 6.31. The number of halogens is 1. The van der Waals surface area contributed by atoms with E-state index in [1.54, 1.807) is 6.07 Å². The highest BCUT2D eigenvalue weighted by Crippen LogP contribution is 2.23. The Morgan fingerprint density at radius 3 is 2.65 bits per heavy atom. The van der Waals surface area contributed by atoms with Crippen LogP contribution >= 0.6 is 11.6 Å². The van der Waals surface area contributed by atoms with Gasteiger partial charge in [0.2, 0.25) is 5.95 Å². The lowest BCUT2D eigenvalue weighted by molar-refractivity contribution is 0.879. The van der Waals surface area contributed by atoms with Crippen molar-refractivity contribution in [3.8, 4) is 11.3 Å². The quantitative estimate of drug-likeness (QED) is 0.583. The zero-order valence-electron chi connectivity index (χ0n) is 14.0. The number of anilines is 1. The zero-order valence-corrected chi connectivity index (χ0v) is 14.8. The van der Waals surface area contributed by atoms with Gasteiger partial charge in [0, 0.05) is 17.0 Å². The second-order valence-electron chi connectivity index (χ2n) is 6.16. The molecule has 0 saturated carbocycles. The van der Waals surface area contributed by atoms with Gasteiger partial charge in [0.15, 0.2) is 0 Å². The highest BCUT2D eigenvalue weighted by molar-refractivity contribution is 6.30. The molecule has 130 valence electrons. The van der Waals surface area contributed by atoms with E-state index in [0.29, 0.717) is 22.7 Å². The van der Waals surface area contributed by atoms with Crippen molar-refractivity contribution in [2.45, 2.75) is 13.3 Å². The van der Waals surface area contributed by atoms with Crippen molar-refractivity contribution in [2.75, 3.05) is 5.73 Å². The maximum absolute atomic E-state index is 13.1. The van der Waals surface area contributed by atoms with Crippen LogP contribution in [0.1, 0.15) is 16.7 Å². The summed E-state index contributed by atoms with van der Waals surface area (Å²) in [7, 11) is 0. The molecular formula is C19H16ClN5O. The predicted molar refractivity (Wildman–Crippen MR) is 102 cm³/mol. The highest BCUT2D eigenvalue weighted by Gasteiger charge is 2.17. The number of hydrogen-bond donors (Lipinski definition) is 2. The molecule has 0 saturated heterocycles. The fourth-order valence-electron chi connectivity index (χ4n) is 2.93. The van der Waals surface area contributed by atoms with Crippen LogP contribution < -0.4 is 11.3 Å². The molecule has 7 heteroatoms. The van der Waals surface area contributed by atoms with E-state index < -0.39 is 0 Å². The number of aromatic nitrogens is 4. The summed E-state index contributed by atoms with van der Waals surface area (Å²) in [5.74, 6) is 0.391. The molecule has 2 aromatic carbocycles. The molecule has 0 amide bonds. The summed E-state index contributed by atoms with van der Waals surface area (Å²) >= 11 is 6.09. The third-order valence-corrected chi connectivity index (χ3v) is 4.44. The molecule has 0 atom stereocenters. The number of aryl methyl sites for hydroxylation is 1. The Morgan fingerprint density at radius 1 is 1.15 bits per heavy atom. The number of nitrogens with zero attached hydrogens (tertiary/aromatic N) is 3. The average Bonchev–Trinajstić information content (AvgIpc) is 2.99. The number of nitrogen functional groups attached to an aromatic ring is 1. The lowest BCUT2D eigenvalue weighted by Crippen LogP contribution is -2.22. The molecular weight excluding hydrogens is 350 g/mol. The van der Waals surface area contributed by atoms with Crippen molar-refractivity contribution >= 4 is 23.3 Å². The van der Waals surface area contributed by atoms with Crippen molar-refractivity contribution in [2.24, 2.45) is 0 Å². The van der Waals surface area contributed by atoms with Crippen LogP contribution in [0.15, 0.2) is 53.3 Å². The predicted octanol–water partition coefficient (Wildman–Crippen LogP) is 3.22. The Kier molecular flexibility index (Phi) is 3.97. The van der Waals surface area contributed by atoms with E-state index in [1.807, 2.05) is 49.4 Å². The smallest absolute Gasteiger partial charge is 0.278 e. The van der Waals surface area contributed by atoms with Gasteiger partial charge in [0.25, 0.3) is 11.3 Å². The van der Waals surface area contributed by atoms with E-state index in [2.05, 4.69) is 15.1 Å². The number of H-pyrrole nitrogens is 1. The highest BCUT2D eigenvalue weighted by atomic mass is 35.5. The SMILES string of the molecule is Cc1ccc(-c2nc3nc(N)[nH]n3c(=O)c2Cc2cccc(Cl)c2)cc1. The van der Waals surface area contributed by atoms with Gasteiger partial charge in [-0.05, 0) is 24.6 Å². The van der Waals surface area contributed by atoms with E-state index in [0.717, 1.165) is 16.7 Å². The Balaban J connectivity index is 1.95. The number of benzene rings is 2. The third-order valence-electron chi connectivity index (χ3n) is 4.20. The van der Waals surface area contributed by atoms with Crippen LogP contribution in [0.4, 0.5) is 5.95 Å². The lowest BCUT2D eigenvalue weighted by Gasteiger charge is -2.09. The fourth-order valence-corrected chi connectivity index (χ4v) is 3.14. The van der Waals surface area contributed by atoms with Crippen LogP contribution in [0.5, 0.6) is 0 Å². The molecule has 0 unspecified atom stereocenters. The summed E-state index contributed by atoms with van der Waals surface area (Å²) in [6.45, 7) is 2.01. The summed E-state index contributed by atoms with van der Waals surface area (Å²) in [5, 5.41) is 3.36. The minimum absolute atomic E-state index is 0.143. The molecule has 4 rings (SSSR count). The summed E-state index contributed by atoms with van der Waals surface area (Å²) in [6.07, 6.45) is 0.400. The first kappa shape index (κ1) is 16.4. The van der Waals surface area contributed by atoms with Gasteiger partial charge in [0.1, 0.15) is 0 Å². The first-order valence-electron chi connectivity index (χ1n) is 8.10. The number of rotatable bonds is 3. The fraction of sp³-hybridized carbons (Fsp3) is 0.105. The van der Waals surface area contributed by atoms with Crippen LogP contribution in [-0.2, 0) is 6.42 Å². The van der Waals surface area contributed by atoms with Crippen molar-refractivity contribution in [1.82, 2.24) is 19.6 Å². The van der Waals surface area contributed by atoms with Crippen molar-refractivity contribution in [3.63, 3.8) is 0 Å². The summed E-state index contributed by atoms with van der Waals surface area (Å²) in [5.41, 5.74) is 9.55. The van der Waals surface area contributed by atoms with E-state index in [-0.39, 0.29) is 17.3 Å². The Hall–Kier alpha value is -3.12. The summed E-state index contributed by atoms with van der Waals surface area (Å²) in [4.78, 5) is 21.7. The van der Waals surface area contributed by atoms with Gasteiger partial charge < -0.3 is 5.73 Å². The molecule has 0 aliphatic rings. The maximum Gasteiger partial charge on any atom is 0.278 e. The van der Waals surface area contributed by atoms with E-state index in [1.165, 1.54) is 4.52 Å². The minimum atomic E-state index is -0.227. The minimum Gasteiger partial charge on any atom is -0.368 e. The van der Waals surface area contributed by atoms with Gasteiger partial charge in [0.05, 0.1) is 11.3 Å². The Bertz CT molecular complexity index is 1160. The molecule has 4 aromatic rings. The van der Waals surface area contributed by atoms with Gasteiger partial charge in [-0.15, -0.1) is 0 Å². The number of nitrogens with one attached hydrogen (secondary N) is 1. The van der Waals surface area contributed by atoms with Gasteiger partial charge in [-0.2, -0.15) is 9.50 Å². The maximum atomic E-state index is 13.1. The molecule has 6 nitrogen and oxygen atoms in total. The normalized spacial score (nSPS) is 11.2. The third kappa shape index (κ3) is 2.95. The molecule has 0 radical (unpaired) electrons. The Labute approximate surface area is 154 Å². The Morgan fingerprint density at radius 2 is 1.92 bits per heavy atom. The van der Waals surface area contributed by atoms with Gasteiger partial charge >= 0.3 is 0 Å². The molecule has 0 bridgehead atoms. The van der Waals surface area contributed by atoms with Crippen LogP contribution in [0.3, 0.4) is 0 Å². The zero-order chi connectivity index (χ0) is 18.3. The first-order valence-corrected chi connectivity index (χ1v) is 8.47. The molecule has 0 aliphatic carbocycles. The number of nitrogens with two attached hydrogens (primary N) is 1. The van der Waals surface area contributed by atoms with Gasteiger partial charge in [-0.25, -0.2) is 4.98 Å². The topological polar surface area (TPSA) is 89.1 Å². The van der Waals surface area contributed by atoms with Gasteiger partial charge in [-0.1, -0.05) is 53.6 Å². The molecule has 0 aliphatic heterocycles. The molecule has 2 heterocycles. The first-order chi connectivity index (χ1) is 12.5. The lowest BCUT2D eigenvalue weighted by atomic mass is 10.00. The van der Waals surface area contributed by atoms with Crippen LogP contribution in [-0.4, -0.2) is 19.6 Å². The number of aromatic amines is 1. The molecule has 3 N–H and O–H groups in total. The summed E-state index contributed by atoms with van der Waals surface area (Å²) < 4.78 is 1.27. The van der Waals surface area contributed by atoms with Gasteiger partial charge in [-0.3, -0.25) is 9.89 Å². The van der Waals surface area contributed by atoms with Crippen LogP contribution in [0, 0.1) is 6.92 Å². The number of fused-ring (bicyclic) bond motifs is 1. The monoisotopic (exact) mass is 365 g/mol. The average molecular weight is 366 g/mol. The standard InChI is InChI=1S/C19H16ClN5O/c1-11-5-7-13(8-6-11)16-15(10-12-3-2-4-14(20)9-12)17(26)25-19(22-16)23-18(21)24-25/h2-9H,10H2,1H3,(H3,21,22,23,24). The molecule has 26 heavy (non-hydrogen) atoms. The molecule has 0 fully saturated rings. The van der Waals surface area contributed by atoms with Crippen molar-refractivity contribution in [1.29, 1.82) is 0 Å². The second-order valence-corrected chi connectivity index (χ2v) is 6.60. The van der Waals surface area contributed by atoms with E-state index in [4.69, 9.17) is 17.3 Å². The summed E-state index contributed by atoms with van der Waals surface area (Å²) in [6, 6.07) is 15.3. The molecule has 0 spiro atoms. The van der Waals surface area contributed by atoms with Crippen LogP contribution in [0.2, 0.25) is 5.02 Å². The largest absolute Gasteiger partial charge is 0.368 e. The van der Waals surface area contributed by atoms with E-state index >= 15 is 0 Å². The number of hydrogen-bond acceptors (Lipinski definition) is 4. The van der Waals surface area contributed by atoms with Crippen molar-refractivity contribution < 1.29 is 0 Å². The van der Waals surface area contributed by atoms with Crippen molar-refractivity contribution in [3.05, 3.63) is 80.6 Å². The van der Waals surface area contributed by atoms with E-state index in [9.17, 15) is 4.79 Å². The van der Waals surface area contributed by atoms with Crippen LogP contribution in [0.25, 0.3) is 17.0 Å².